The molecule has 14 aliphatic rings. The zero-order chi connectivity index (χ0) is 98.9. The highest BCUT2D eigenvalue weighted by Gasteiger charge is 2.47. The van der Waals surface area contributed by atoms with Gasteiger partial charge in [-0.3, -0.25) is 38.4 Å². The van der Waals surface area contributed by atoms with Crippen LogP contribution >= 0.6 is 0 Å². The van der Waals surface area contributed by atoms with Crippen LogP contribution in [0.2, 0.25) is 0 Å². The van der Waals surface area contributed by atoms with E-state index in [1.807, 2.05) is 185 Å². The smallest absolute Gasteiger partial charge is 0.283 e. The lowest BCUT2D eigenvalue weighted by molar-refractivity contribution is -0.118. The Kier molecular flexibility index (Phi) is 26.1. The molecule has 716 valence electrons. The fourth-order valence-electron chi connectivity index (χ4n) is 21.6. The number of hydrogen-bond acceptors (Lipinski definition) is 16. The Balaban J connectivity index is 0.000000114. The first-order valence-corrected chi connectivity index (χ1v) is 49.6. The summed E-state index contributed by atoms with van der Waals surface area (Å²) in [6, 6.07) is 73.0. The van der Waals surface area contributed by atoms with E-state index in [0.29, 0.717) is 113 Å². The van der Waals surface area contributed by atoms with E-state index in [4.69, 9.17) is 18.9 Å². The number of ketones is 4. The van der Waals surface area contributed by atoms with Gasteiger partial charge in [-0.05, 0) is 353 Å². The van der Waals surface area contributed by atoms with Crippen molar-refractivity contribution in [2.75, 3.05) is 93.0 Å². The molecule has 12 aliphatic heterocycles. The van der Waals surface area contributed by atoms with Gasteiger partial charge < -0.3 is 38.5 Å². The quantitative estimate of drug-likeness (QED) is 0.0825. The van der Waals surface area contributed by atoms with Gasteiger partial charge in [-0.15, -0.1) is 0 Å². The van der Waals surface area contributed by atoms with E-state index < -0.39 is 0 Å². The summed E-state index contributed by atoms with van der Waals surface area (Å²) < 4.78 is 23.8. The van der Waals surface area contributed by atoms with Crippen LogP contribution in [0.1, 0.15) is 163 Å². The second-order valence-electron chi connectivity index (χ2n) is 38.1. The second kappa shape index (κ2) is 40.3. The van der Waals surface area contributed by atoms with E-state index in [0.717, 1.165) is 94.2 Å². The summed E-state index contributed by atoms with van der Waals surface area (Å²) in [6.45, 7) is 14.1. The molecule has 24 rings (SSSR count). The van der Waals surface area contributed by atoms with Crippen molar-refractivity contribution in [1.29, 1.82) is 0 Å². The highest BCUT2D eigenvalue weighted by molar-refractivity contribution is 6.42. The molecule has 2 saturated heterocycles. The maximum absolute atomic E-state index is 13.9. The van der Waals surface area contributed by atoms with Crippen molar-refractivity contribution >= 4 is 117 Å². The number of rotatable bonds is 12. The lowest BCUT2D eigenvalue weighted by Crippen LogP contribution is -2.41. The van der Waals surface area contributed by atoms with Gasteiger partial charge in [0.1, 0.15) is 57.2 Å². The standard InChI is InChI=1S/C35H31N3O3.C33H29N3O3.C29H25NO3.C27H23NO3/c1-24-20-28(23-31(41-24)17-16-25-21-26-10-8-18-36-19-9-11-27(22-25)33(26)36)32-34(39)37(29-12-4-2-5-13-29)38(35(32)40)30-14-6-3-7-15-30;1-23-20-26(22-29(39-23)17-15-24-16-18-30-25(21-24)10-9-19-34(30)2)31-32(37)35(27-11-5-3-6-12-27)36(33(31)38)28-13-7-4-8-14-28;1-18-14-22(26-28(31)24-8-2-3-9-25(24)29(26)32)17-23(33-18)11-10-19-15-20-6-4-12-30-13-5-7-21(16-19)27(20)30;1-17-14-20(25-26(29)22-7-3-4-8-23(22)27(25)30)16-21(31-17)11-9-18-10-12-24-19(15-18)6-5-13-28(24)2/h2-7,12-17,20-23H,8-11,18-19H2,1H3;3-8,11-18,20-22H,9-10,19H2,1-2H3;2-3,8-11,14-17H,4-7,12-13H2,1H3;3-4,7-12,14-16H,5-6,13H2,1-2H3/b17-16+;17-15+;11-10+;11-9+. The van der Waals surface area contributed by atoms with Gasteiger partial charge in [0, 0.05) is 98.4 Å². The number of ether oxygens (including phenoxy) is 4. The maximum atomic E-state index is 13.9. The van der Waals surface area contributed by atoms with E-state index in [1.165, 1.54) is 121 Å². The Morgan fingerprint density at radius 2 is 0.479 bits per heavy atom. The number of Topliss-reactive ketones (excluding diaryl/α,β-unsaturated/α-hetero) is 4. The molecule has 20 nitrogen and oxygen atoms in total. The molecule has 144 heavy (non-hydrogen) atoms. The highest BCUT2D eigenvalue weighted by atomic mass is 16.5. The molecular formula is C124H108N8O12. The van der Waals surface area contributed by atoms with E-state index in [9.17, 15) is 38.4 Å². The number of carbonyl (C=O) groups excluding carboxylic acids is 8. The molecule has 0 unspecified atom stereocenters. The van der Waals surface area contributed by atoms with Gasteiger partial charge in [-0.25, -0.2) is 20.0 Å². The fourth-order valence-corrected chi connectivity index (χ4v) is 21.6. The van der Waals surface area contributed by atoms with E-state index in [1.54, 1.807) is 97.1 Å². The summed E-state index contributed by atoms with van der Waals surface area (Å²) in [5.41, 5.74) is 25.7. The highest BCUT2D eigenvalue weighted by Crippen LogP contribution is 2.44. The lowest BCUT2D eigenvalue weighted by atomic mass is 9.90. The van der Waals surface area contributed by atoms with Crippen LogP contribution in [0, 0.1) is 0 Å². The number of hydrogen-bond donors (Lipinski definition) is 0. The molecule has 0 saturated carbocycles. The number of aryl methyl sites for hydroxylation is 6. The molecule has 0 atom stereocenters. The first-order chi connectivity index (χ1) is 70.1. The van der Waals surface area contributed by atoms with Crippen LogP contribution in [-0.2, 0) is 76.7 Å². The zero-order valence-corrected chi connectivity index (χ0v) is 81.4. The van der Waals surface area contributed by atoms with Crippen LogP contribution in [0.15, 0.2) is 394 Å². The number of nitrogens with zero attached hydrogens (tertiary/aromatic N) is 8. The summed E-state index contributed by atoms with van der Waals surface area (Å²) in [4.78, 5) is 117. The minimum absolute atomic E-state index is 0.105. The second-order valence-corrected chi connectivity index (χ2v) is 38.1. The molecule has 0 radical (unpaired) electrons. The Hall–Kier alpha value is -17.0. The third-order valence-corrected chi connectivity index (χ3v) is 28.0. The van der Waals surface area contributed by atoms with Gasteiger partial charge in [0.2, 0.25) is 0 Å². The Morgan fingerprint density at radius 1 is 0.243 bits per heavy atom. The molecule has 0 spiro atoms. The molecule has 12 heterocycles. The van der Waals surface area contributed by atoms with Crippen molar-refractivity contribution < 1.29 is 57.3 Å². The van der Waals surface area contributed by atoms with Gasteiger partial charge in [0.05, 0.1) is 33.9 Å². The van der Waals surface area contributed by atoms with Crippen LogP contribution in [0.25, 0.3) is 24.3 Å². The average Bonchev–Trinajstić information content (AvgIpc) is 1.63. The normalized spacial score (nSPS) is 18.3. The number of anilines is 8. The monoisotopic (exact) mass is 1900 g/mol. The van der Waals surface area contributed by atoms with E-state index >= 15 is 0 Å². The predicted molar refractivity (Wildman–Crippen MR) is 569 cm³/mol. The number of benzene rings is 10. The number of amides is 4. The molecule has 10 aromatic carbocycles. The minimum Gasteiger partial charge on any atom is -0.462 e. The number of carbonyl (C=O) groups is 8. The van der Waals surface area contributed by atoms with Gasteiger partial charge in [0.15, 0.2) is 23.1 Å². The summed E-state index contributed by atoms with van der Waals surface area (Å²) >= 11 is 0. The first kappa shape index (κ1) is 93.3. The van der Waals surface area contributed by atoms with Crippen molar-refractivity contribution in [2.24, 2.45) is 0 Å². The fraction of sp³-hybridized carbons (Fsp3) is 0.194. The summed E-state index contributed by atoms with van der Waals surface area (Å²) in [5.74, 6) is 2.55. The molecule has 0 aromatic heterocycles. The van der Waals surface area contributed by atoms with Crippen molar-refractivity contribution in [3.8, 4) is 0 Å². The Labute approximate surface area is 838 Å². The van der Waals surface area contributed by atoms with Gasteiger partial charge >= 0.3 is 0 Å². The molecule has 2 aliphatic carbocycles. The van der Waals surface area contributed by atoms with Crippen LogP contribution in [0.3, 0.4) is 0 Å². The van der Waals surface area contributed by atoms with Gasteiger partial charge in [-0.2, -0.15) is 0 Å². The SMILES string of the molecule is CC1=CC(=C2C(=O)N(c3ccccc3)N(c3ccccc3)C2=O)C=C(/C=C/c2cc3c4c(c2)CCCN4CCC3)O1.CC1=CC(=C2C(=O)N(c3ccccc3)N(c3ccccc3)C2=O)C=C(/C=C/c2ccc3c(c2)CCCN3C)O1.CC1=CC(=C2C(=O)c3ccccc3C2=O)C=C(/C=C/c2cc3c4c(c2)CCCN4CCC3)O1.CC1=CC(=C2C(=O)c3ccccc3C2=O)C=C(/C=C/c2ccc3c(c2)CCCN3C)O1. The molecule has 0 N–H and O–H groups in total. The van der Waals surface area contributed by atoms with Gasteiger partial charge in [-0.1, -0.05) is 158 Å². The summed E-state index contributed by atoms with van der Waals surface area (Å²) in [6.07, 6.45) is 43.7. The summed E-state index contributed by atoms with van der Waals surface area (Å²) in [5, 5.41) is 5.77. The third-order valence-electron chi connectivity index (χ3n) is 28.0. The molecule has 0 bridgehead atoms. The molecule has 4 amide bonds. The Morgan fingerprint density at radius 3 is 0.757 bits per heavy atom. The molecular weight excluding hydrogens is 1790 g/mol. The summed E-state index contributed by atoms with van der Waals surface area (Å²) in [7, 11) is 4.25. The predicted octanol–water partition coefficient (Wildman–Crippen LogP) is 23.6. The van der Waals surface area contributed by atoms with Crippen molar-refractivity contribution in [2.45, 2.75) is 105 Å². The van der Waals surface area contributed by atoms with E-state index in [-0.39, 0.29) is 69.1 Å². The number of fused-ring (bicyclic) bond motifs is 4. The van der Waals surface area contributed by atoms with Crippen LogP contribution in [0.4, 0.5) is 45.5 Å². The van der Waals surface area contributed by atoms with Crippen molar-refractivity contribution in [1.82, 2.24) is 0 Å². The number of allylic oxidation sites excluding steroid dienone is 22. The van der Waals surface area contributed by atoms with E-state index in [2.05, 4.69) is 107 Å². The van der Waals surface area contributed by atoms with Crippen LogP contribution < -0.4 is 39.6 Å². The topological polar surface area (TPSA) is 199 Å². The molecule has 10 aromatic rings. The largest absolute Gasteiger partial charge is 0.462 e. The lowest BCUT2D eigenvalue weighted by Gasteiger charge is -2.37. The van der Waals surface area contributed by atoms with Crippen LogP contribution in [-0.4, -0.2) is 100 Å². The maximum Gasteiger partial charge on any atom is 0.283 e. The van der Waals surface area contributed by atoms with Crippen molar-refractivity contribution in [3.63, 3.8) is 0 Å². The van der Waals surface area contributed by atoms with Crippen LogP contribution in [0.5, 0.6) is 0 Å². The van der Waals surface area contributed by atoms with Crippen molar-refractivity contribution in [3.05, 3.63) is 472 Å². The first-order valence-electron chi connectivity index (χ1n) is 49.6. The number of hydrazine groups is 2. The van der Waals surface area contributed by atoms with Gasteiger partial charge in [0.25, 0.3) is 23.6 Å². The zero-order valence-electron chi connectivity index (χ0n) is 81.4. The average molecular weight is 1900 g/mol. The number of para-hydroxylation sites is 4. The molecule has 20 heteroatoms. The third kappa shape index (κ3) is 18.9. The minimum atomic E-state index is -0.380. The Bertz CT molecular complexity index is 7340. The molecule has 2 fully saturated rings.